The first-order valence-corrected chi connectivity index (χ1v) is 6.26. The molecule has 0 bridgehead atoms. The minimum Gasteiger partial charge on any atom is -0.484 e. The van der Waals surface area contributed by atoms with Crippen LogP contribution < -0.4 is 10.5 Å². The maximum absolute atomic E-state index is 5.98. The minimum atomic E-state index is -0.176. The van der Waals surface area contributed by atoms with Gasteiger partial charge >= 0.3 is 0 Å². The lowest BCUT2D eigenvalue weighted by Gasteiger charge is -2.19. The molecule has 2 aromatic rings. The fraction of sp³-hybridized carbons (Fsp3) is 0.200. The highest BCUT2D eigenvalue weighted by Crippen LogP contribution is 2.25. The van der Waals surface area contributed by atoms with Crippen molar-refractivity contribution in [1.29, 1.82) is 0 Å². The fourth-order valence-electron chi connectivity index (χ4n) is 1.80. The first-order chi connectivity index (χ1) is 8.70. The van der Waals surface area contributed by atoms with E-state index in [9.17, 15) is 0 Å². The molecular formula is C15H16ClNO. The first-order valence-electron chi connectivity index (χ1n) is 5.88. The molecule has 1 unspecified atom stereocenters. The highest BCUT2D eigenvalue weighted by atomic mass is 35.5. The van der Waals surface area contributed by atoms with Crippen molar-refractivity contribution in [1.82, 2.24) is 0 Å². The van der Waals surface area contributed by atoms with Crippen LogP contribution >= 0.6 is 11.6 Å². The maximum Gasteiger partial charge on any atom is 0.136 e. The van der Waals surface area contributed by atoms with Crippen LogP contribution in [0.15, 0.2) is 48.5 Å². The zero-order valence-electron chi connectivity index (χ0n) is 10.3. The summed E-state index contributed by atoms with van der Waals surface area (Å²) in [4.78, 5) is 0. The van der Waals surface area contributed by atoms with Crippen LogP contribution in [0.2, 0.25) is 5.02 Å². The predicted molar refractivity (Wildman–Crippen MR) is 75.1 cm³/mol. The molecule has 3 heteroatoms. The Morgan fingerprint density at radius 1 is 1.17 bits per heavy atom. The molecule has 2 aromatic carbocycles. The molecule has 2 N–H and O–H groups in total. The summed E-state index contributed by atoms with van der Waals surface area (Å²) in [6, 6.07) is 15.5. The molecule has 0 radical (unpaired) electrons. The number of benzene rings is 2. The smallest absolute Gasteiger partial charge is 0.136 e. The Morgan fingerprint density at radius 2 is 1.94 bits per heavy atom. The van der Waals surface area contributed by atoms with Crippen molar-refractivity contribution in [2.75, 3.05) is 6.54 Å². The molecule has 94 valence electrons. The molecule has 0 aliphatic rings. The number of hydrogen-bond acceptors (Lipinski definition) is 2. The molecule has 0 saturated carbocycles. The molecule has 0 aliphatic heterocycles. The van der Waals surface area contributed by atoms with Gasteiger partial charge in [-0.3, -0.25) is 0 Å². The van der Waals surface area contributed by atoms with Crippen LogP contribution in [0.3, 0.4) is 0 Å². The van der Waals surface area contributed by atoms with Gasteiger partial charge in [0.1, 0.15) is 11.9 Å². The van der Waals surface area contributed by atoms with Gasteiger partial charge in [0, 0.05) is 11.6 Å². The number of nitrogens with two attached hydrogens (primary N) is 1. The standard InChI is InChI=1S/C15H16ClNO/c1-11-5-2-3-8-14(11)18-15(10-17)12-6-4-7-13(16)9-12/h2-9,15H,10,17H2,1H3. The van der Waals surface area contributed by atoms with Gasteiger partial charge in [0.05, 0.1) is 0 Å². The van der Waals surface area contributed by atoms with E-state index >= 15 is 0 Å². The summed E-state index contributed by atoms with van der Waals surface area (Å²) >= 11 is 5.98. The lowest BCUT2D eigenvalue weighted by atomic mass is 10.1. The Bertz CT molecular complexity index is 527. The molecular weight excluding hydrogens is 246 g/mol. The number of aryl methyl sites for hydroxylation is 1. The van der Waals surface area contributed by atoms with E-state index in [0.717, 1.165) is 16.9 Å². The van der Waals surface area contributed by atoms with E-state index in [1.54, 1.807) is 0 Å². The Hall–Kier alpha value is -1.51. The normalized spacial score (nSPS) is 12.2. The monoisotopic (exact) mass is 261 g/mol. The second kappa shape index (κ2) is 5.89. The van der Waals surface area contributed by atoms with E-state index in [-0.39, 0.29) is 6.10 Å². The maximum atomic E-state index is 5.98. The summed E-state index contributed by atoms with van der Waals surface area (Å²) in [5, 5.41) is 0.694. The molecule has 0 fully saturated rings. The lowest BCUT2D eigenvalue weighted by molar-refractivity contribution is 0.213. The summed E-state index contributed by atoms with van der Waals surface area (Å²) in [5.74, 6) is 0.855. The molecule has 2 rings (SSSR count). The summed E-state index contributed by atoms with van der Waals surface area (Å²) in [7, 11) is 0. The van der Waals surface area contributed by atoms with Gasteiger partial charge in [-0.05, 0) is 36.2 Å². The minimum absolute atomic E-state index is 0.176. The average Bonchev–Trinajstić information content (AvgIpc) is 2.38. The van der Waals surface area contributed by atoms with E-state index < -0.39 is 0 Å². The molecule has 0 aliphatic carbocycles. The molecule has 18 heavy (non-hydrogen) atoms. The third-order valence-corrected chi connectivity index (χ3v) is 3.03. The molecule has 0 saturated heterocycles. The number of ether oxygens (including phenoxy) is 1. The Kier molecular flexibility index (Phi) is 4.24. The predicted octanol–water partition coefficient (Wildman–Crippen LogP) is 3.73. The molecule has 1 atom stereocenters. The highest BCUT2D eigenvalue weighted by molar-refractivity contribution is 6.30. The van der Waals surface area contributed by atoms with Crippen LogP contribution in [0.25, 0.3) is 0 Å². The van der Waals surface area contributed by atoms with E-state index in [1.165, 1.54) is 0 Å². The zero-order valence-corrected chi connectivity index (χ0v) is 11.0. The van der Waals surface area contributed by atoms with Crippen LogP contribution in [-0.2, 0) is 0 Å². The SMILES string of the molecule is Cc1ccccc1OC(CN)c1cccc(Cl)c1. The molecule has 0 spiro atoms. The van der Waals surface area contributed by atoms with Crippen LogP contribution in [0, 0.1) is 6.92 Å². The Labute approximate surface area is 112 Å². The van der Waals surface area contributed by atoms with E-state index in [4.69, 9.17) is 22.1 Å². The third kappa shape index (κ3) is 3.03. The Morgan fingerprint density at radius 3 is 2.61 bits per heavy atom. The summed E-state index contributed by atoms with van der Waals surface area (Å²) < 4.78 is 5.95. The van der Waals surface area contributed by atoms with Gasteiger partial charge in [-0.15, -0.1) is 0 Å². The van der Waals surface area contributed by atoms with Crippen molar-refractivity contribution in [2.24, 2.45) is 5.73 Å². The number of hydrogen-bond donors (Lipinski definition) is 1. The quantitative estimate of drug-likeness (QED) is 0.910. The van der Waals surface area contributed by atoms with Crippen molar-refractivity contribution in [3.8, 4) is 5.75 Å². The van der Waals surface area contributed by atoms with Crippen LogP contribution in [0.1, 0.15) is 17.2 Å². The van der Waals surface area contributed by atoms with E-state index in [2.05, 4.69) is 0 Å². The van der Waals surface area contributed by atoms with Gasteiger partial charge in [-0.1, -0.05) is 41.9 Å². The van der Waals surface area contributed by atoms with Crippen molar-refractivity contribution < 1.29 is 4.74 Å². The largest absolute Gasteiger partial charge is 0.484 e. The summed E-state index contributed by atoms with van der Waals surface area (Å²) in [5.41, 5.74) is 7.87. The topological polar surface area (TPSA) is 35.2 Å². The number of halogens is 1. The van der Waals surface area contributed by atoms with Crippen molar-refractivity contribution in [3.63, 3.8) is 0 Å². The molecule has 0 amide bonds. The van der Waals surface area contributed by atoms with Gasteiger partial charge < -0.3 is 10.5 Å². The average molecular weight is 262 g/mol. The molecule has 0 aromatic heterocycles. The van der Waals surface area contributed by atoms with Crippen molar-refractivity contribution in [2.45, 2.75) is 13.0 Å². The van der Waals surface area contributed by atoms with Crippen LogP contribution in [0.4, 0.5) is 0 Å². The van der Waals surface area contributed by atoms with E-state index in [1.807, 2.05) is 55.5 Å². The Balaban J connectivity index is 2.23. The first kappa shape index (κ1) is 12.9. The second-order valence-electron chi connectivity index (χ2n) is 4.16. The summed E-state index contributed by atoms with van der Waals surface area (Å²) in [6.07, 6.45) is -0.176. The second-order valence-corrected chi connectivity index (χ2v) is 4.60. The molecule has 2 nitrogen and oxygen atoms in total. The van der Waals surface area contributed by atoms with E-state index in [0.29, 0.717) is 11.6 Å². The van der Waals surface area contributed by atoms with Crippen LogP contribution in [0.5, 0.6) is 5.75 Å². The zero-order chi connectivity index (χ0) is 13.0. The van der Waals surface area contributed by atoms with Crippen molar-refractivity contribution in [3.05, 3.63) is 64.7 Å². The van der Waals surface area contributed by atoms with Gasteiger partial charge in [0.2, 0.25) is 0 Å². The van der Waals surface area contributed by atoms with Gasteiger partial charge in [-0.2, -0.15) is 0 Å². The van der Waals surface area contributed by atoms with Crippen LogP contribution in [-0.4, -0.2) is 6.54 Å². The highest BCUT2D eigenvalue weighted by Gasteiger charge is 2.12. The number of para-hydroxylation sites is 1. The van der Waals surface area contributed by atoms with Gasteiger partial charge in [0.25, 0.3) is 0 Å². The van der Waals surface area contributed by atoms with Gasteiger partial charge in [-0.25, -0.2) is 0 Å². The van der Waals surface area contributed by atoms with Gasteiger partial charge in [0.15, 0.2) is 0 Å². The molecule has 0 heterocycles. The van der Waals surface area contributed by atoms with Crippen molar-refractivity contribution >= 4 is 11.6 Å². The lowest BCUT2D eigenvalue weighted by Crippen LogP contribution is -2.18. The number of rotatable bonds is 4. The fourth-order valence-corrected chi connectivity index (χ4v) is 2.00. The summed E-state index contributed by atoms with van der Waals surface area (Å²) in [6.45, 7) is 2.43. The third-order valence-electron chi connectivity index (χ3n) is 2.80.